The molecule has 0 aromatic heterocycles. The number of aryl methyl sites for hydroxylation is 1. The van der Waals surface area contributed by atoms with E-state index in [1.807, 2.05) is 19.9 Å². The van der Waals surface area contributed by atoms with Gasteiger partial charge in [0.15, 0.2) is 5.11 Å². The van der Waals surface area contributed by atoms with E-state index in [0.29, 0.717) is 17.2 Å². The third kappa shape index (κ3) is 3.57. The SMILES string of the molecule is CCNC(=S)NC(=O)c1ccc(C)c(Br)c1. The number of benzene rings is 1. The number of hydrogen-bond acceptors (Lipinski definition) is 2. The van der Waals surface area contributed by atoms with Crippen molar-refractivity contribution in [2.75, 3.05) is 6.54 Å². The number of carbonyl (C=O) groups is 1. The Kier molecular flexibility index (Phi) is 4.89. The van der Waals surface area contributed by atoms with E-state index in [9.17, 15) is 4.79 Å². The molecule has 0 saturated heterocycles. The Bertz CT molecular complexity index is 420. The van der Waals surface area contributed by atoms with Gasteiger partial charge in [0.05, 0.1) is 0 Å². The fourth-order valence-corrected chi connectivity index (χ4v) is 1.73. The van der Waals surface area contributed by atoms with Crippen LogP contribution in [0.1, 0.15) is 22.8 Å². The molecule has 0 unspecified atom stereocenters. The second-order valence-corrected chi connectivity index (χ2v) is 4.54. The summed E-state index contributed by atoms with van der Waals surface area (Å²) in [4.78, 5) is 11.7. The van der Waals surface area contributed by atoms with Crippen LogP contribution in [0.15, 0.2) is 22.7 Å². The van der Waals surface area contributed by atoms with Crippen molar-refractivity contribution in [2.24, 2.45) is 0 Å². The summed E-state index contributed by atoms with van der Waals surface area (Å²) in [6, 6.07) is 5.43. The molecule has 86 valence electrons. The predicted molar refractivity (Wildman–Crippen MR) is 72.6 cm³/mol. The Morgan fingerprint density at radius 1 is 1.50 bits per heavy atom. The quantitative estimate of drug-likeness (QED) is 0.824. The molecular formula is C11H13BrN2OS. The Morgan fingerprint density at radius 3 is 2.75 bits per heavy atom. The highest BCUT2D eigenvalue weighted by Crippen LogP contribution is 2.17. The highest BCUT2D eigenvalue weighted by Gasteiger charge is 2.08. The number of carbonyl (C=O) groups excluding carboxylic acids is 1. The predicted octanol–water partition coefficient (Wildman–Crippen LogP) is 2.38. The van der Waals surface area contributed by atoms with Crippen LogP contribution in [0.5, 0.6) is 0 Å². The zero-order valence-corrected chi connectivity index (χ0v) is 11.5. The Hall–Kier alpha value is -0.940. The van der Waals surface area contributed by atoms with Gasteiger partial charge in [-0.15, -0.1) is 0 Å². The summed E-state index contributed by atoms with van der Waals surface area (Å²) in [6.07, 6.45) is 0. The van der Waals surface area contributed by atoms with Crippen LogP contribution in [0.3, 0.4) is 0 Å². The molecule has 0 bridgehead atoms. The lowest BCUT2D eigenvalue weighted by Gasteiger charge is -2.08. The number of rotatable bonds is 2. The lowest BCUT2D eigenvalue weighted by atomic mass is 10.1. The van der Waals surface area contributed by atoms with E-state index >= 15 is 0 Å². The van der Waals surface area contributed by atoms with Gasteiger partial charge < -0.3 is 5.32 Å². The van der Waals surface area contributed by atoms with Crippen molar-refractivity contribution < 1.29 is 4.79 Å². The maximum Gasteiger partial charge on any atom is 0.257 e. The minimum atomic E-state index is -0.202. The number of thiocarbonyl (C=S) groups is 1. The number of halogens is 1. The van der Waals surface area contributed by atoms with Crippen LogP contribution >= 0.6 is 28.1 Å². The number of hydrogen-bond donors (Lipinski definition) is 2. The van der Waals surface area contributed by atoms with E-state index in [2.05, 4.69) is 26.6 Å². The second-order valence-electron chi connectivity index (χ2n) is 3.28. The smallest absolute Gasteiger partial charge is 0.257 e. The highest BCUT2D eigenvalue weighted by molar-refractivity contribution is 9.10. The summed E-state index contributed by atoms with van der Waals surface area (Å²) in [5.74, 6) is -0.202. The van der Waals surface area contributed by atoms with Gasteiger partial charge in [0.1, 0.15) is 0 Å². The first-order valence-corrected chi connectivity index (χ1v) is 6.10. The molecule has 0 radical (unpaired) electrons. The first-order chi connectivity index (χ1) is 7.54. The summed E-state index contributed by atoms with van der Waals surface area (Å²) < 4.78 is 0.912. The van der Waals surface area contributed by atoms with E-state index in [0.717, 1.165) is 10.0 Å². The van der Waals surface area contributed by atoms with Gasteiger partial charge >= 0.3 is 0 Å². The van der Waals surface area contributed by atoms with E-state index in [-0.39, 0.29) is 5.91 Å². The monoisotopic (exact) mass is 300 g/mol. The van der Waals surface area contributed by atoms with E-state index < -0.39 is 0 Å². The topological polar surface area (TPSA) is 41.1 Å². The minimum Gasteiger partial charge on any atom is -0.363 e. The summed E-state index contributed by atoms with van der Waals surface area (Å²) in [5.41, 5.74) is 1.67. The lowest BCUT2D eigenvalue weighted by molar-refractivity contribution is 0.0976. The molecule has 1 amide bonds. The second kappa shape index (κ2) is 5.96. The van der Waals surface area contributed by atoms with Gasteiger partial charge in [0.2, 0.25) is 0 Å². The summed E-state index contributed by atoms with van der Waals surface area (Å²) in [6.45, 7) is 4.58. The maximum atomic E-state index is 11.7. The van der Waals surface area contributed by atoms with Gasteiger partial charge in [-0.2, -0.15) is 0 Å². The van der Waals surface area contributed by atoms with Crippen LogP contribution in [0.4, 0.5) is 0 Å². The molecule has 0 atom stereocenters. The van der Waals surface area contributed by atoms with Gasteiger partial charge in [0.25, 0.3) is 5.91 Å². The van der Waals surface area contributed by atoms with Crippen molar-refractivity contribution in [3.05, 3.63) is 33.8 Å². The van der Waals surface area contributed by atoms with Crippen molar-refractivity contribution in [1.82, 2.24) is 10.6 Å². The summed E-state index contributed by atoms with van der Waals surface area (Å²) in [7, 11) is 0. The number of nitrogens with one attached hydrogen (secondary N) is 2. The molecule has 16 heavy (non-hydrogen) atoms. The molecule has 0 saturated carbocycles. The first-order valence-electron chi connectivity index (χ1n) is 4.90. The number of amides is 1. The molecule has 0 heterocycles. The Morgan fingerprint density at radius 2 is 2.19 bits per heavy atom. The van der Waals surface area contributed by atoms with Crippen molar-refractivity contribution >= 4 is 39.2 Å². The molecule has 5 heteroatoms. The maximum absolute atomic E-state index is 11.7. The highest BCUT2D eigenvalue weighted by atomic mass is 79.9. The van der Waals surface area contributed by atoms with Crippen molar-refractivity contribution in [3.63, 3.8) is 0 Å². The molecule has 2 N–H and O–H groups in total. The molecule has 1 aromatic rings. The van der Waals surface area contributed by atoms with Gasteiger partial charge in [0, 0.05) is 16.6 Å². The van der Waals surface area contributed by atoms with Crippen LogP contribution < -0.4 is 10.6 Å². The molecule has 1 rings (SSSR count). The molecule has 3 nitrogen and oxygen atoms in total. The Balaban J connectivity index is 2.73. The zero-order valence-electron chi connectivity index (χ0n) is 9.13. The van der Waals surface area contributed by atoms with E-state index in [4.69, 9.17) is 12.2 Å². The molecular weight excluding hydrogens is 288 g/mol. The Labute approximate surface area is 109 Å². The van der Waals surface area contributed by atoms with Crippen LogP contribution in [0, 0.1) is 6.92 Å². The van der Waals surface area contributed by atoms with Crippen LogP contribution in [-0.4, -0.2) is 17.6 Å². The molecule has 0 aliphatic rings. The molecule has 0 fully saturated rings. The minimum absolute atomic E-state index is 0.202. The van der Waals surface area contributed by atoms with E-state index in [1.54, 1.807) is 12.1 Å². The molecule has 0 aliphatic carbocycles. The van der Waals surface area contributed by atoms with Crippen molar-refractivity contribution in [3.8, 4) is 0 Å². The van der Waals surface area contributed by atoms with Gasteiger partial charge in [-0.1, -0.05) is 22.0 Å². The van der Waals surface area contributed by atoms with Gasteiger partial charge in [-0.25, -0.2) is 0 Å². The van der Waals surface area contributed by atoms with Crippen molar-refractivity contribution in [2.45, 2.75) is 13.8 Å². The van der Waals surface area contributed by atoms with Crippen LogP contribution in [0.2, 0.25) is 0 Å². The third-order valence-electron chi connectivity index (χ3n) is 2.00. The third-order valence-corrected chi connectivity index (χ3v) is 3.10. The van der Waals surface area contributed by atoms with Crippen LogP contribution in [-0.2, 0) is 0 Å². The molecule has 0 aliphatic heterocycles. The largest absolute Gasteiger partial charge is 0.363 e. The standard InChI is InChI=1S/C11H13BrN2OS/c1-3-13-11(16)14-10(15)8-5-4-7(2)9(12)6-8/h4-6H,3H2,1-2H3,(H2,13,14,15,16). The normalized spacial score (nSPS) is 9.69. The summed E-state index contributed by atoms with van der Waals surface area (Å²) in [5, 5.41) is 5.82. The first kappa shape index (κ1) is 13.1. The lowest BCUT2D eigenvalue weighted by Crippen LogP contribution is -2.39. The average Bonchev–Trinajstić information content (AvgIpc) is 2.22. The molecule has 1 aromatic carbocycles. The van der Waals surface area contributed by atoms with E-state index in [1.165, 1.54) is 0 Å². The van der Waals surface area contributed by atoms with Crippen LogP contribution in [0.25, 0.3) is 0 Å². The summed E-state index contributed by atoms with van der Waals surface area (Å²) >= 11 is 8.32. The fourth-order valence-electron chi connectivity index (χ4n) is 1.11. The van der Waals surface area contributed by atoms with Gasteiger partial charge in [-0.3, -0.25) is 10.1 Å². The van der Waals surface area contributed by atoms with Crippen molar-refractivity contribution in [1.29, 1.82) is 0 Å². The fraction of sp³-hybridized carbons (Fsp3) is 0.273. The average molecular weight is 301 g/mol. The van der Waals surface area contributed by atoms with Gasteiger partial charge in [-0.05, 0) is 43.8 Å². The zero-order chi connectivity index (χ0) is 12.1. The molecule has 0 spiro atoms.